The zero-order valence-electron chi connectivity index (χ0n) is 15.0. The Morgan fingerprint density at radius 1 is 1.18 bits per heavy atom. The average Bonchev–Trinajstić information content (AvgIpc) is 3.31. The van der Waals surface area contributed by atoms with Crippen molar-refractivity contribution in [2.75, 3.05) is 11.9 Å². The number of rotatable bonds is 5. The minimum Gasteiger partial charge on any atom is -0.479 e. The summed E-state index contributed by atoms with van der Waals surface area (Å²) in [6.45, 7) is -0.0291. The highest BCUT2D eigenvalue weighted by molar-refractivity contribution is 6.04. The fraction of sp³-hybridized carbons (Fsp3) is 0.190. The predicted octanol–water partition coefficient (Wildman–Crippen LogP) is 3.65. The lowest BCUT2D eigenvalue weighted by Gasteiger charge is -2.06. The largest absolute Gasteiger partial charge is 0.479 e. The topological polar surface area (TPSA) is 79.9 Å². The summed E-state index contributed by atoms with van der Waals surface area (Å²) in [6.07, 6.45) is 2.58. The van der Waals surface area contributed by atoms with E-state index in [1.807, 2.05) is 6.07 Å². The van der Waals surface area contributed by atoms with E-state index < -0.39 is 0 Å². The Morgan fingerprint density at radius 2 is 1.93 bits per heavy atom. The van der Waals surface area contributed by atoms with Crippen molar-refractivity contribution in [1.29, 1.82) is 5.26 Å². The van der Waals surface area contributed by atoms with Crippen LogP contribution in [0.1, 0.15) is 28.2 Å². The number of ether oxygens (including phenoxy) is 1. The van der Waals surface area contributed by atoms with Crippen LogP contribution in [0.4, 0.5) is 10.1 Å². The Hall–Kier alpha value is -3.66. The second-order valence-corrected chi connectivity index (χ2v) is 6.44. The van der Waals surface area contributed by atoms with Gasteiger partial charge in [-0.25, -0.2) is 9.07 Å². The smallest absolute Gasteiger partial charge is 0.276 e. The van der Waals surface area contributed by atoms with Crippen LogP contribution >= 0.6 is 0 Å². The van der Waals surface area contributed by atoms with Gasteiger partial charge < -0.3 is 10.1 Å². The molecule has 140 valence electrons. The van der Waals surface area contributed by atoms with Crippen LogP contribution in [0.15, 0.2) is 48.5 Å². The first-order chi connectivity index (χ1) is 13.7. The lowest BCUT2D eigenvalue weighted by molar-refractivity contribution is 0.102. The molecule has 0 fully saturated rings. The molecule has 1 heterocycles. The van der Waals surface area contributed by atoms with Gasteiger partial charge in [0.1, 0.15) is 17.6 Å². The molecule has 0 aliphatic heterocycles. The molecular formula is C21H17FN4O2. The third-order valence-electron chi connectivity index (χ3n) is 4.63. The van der Waals surface area contributed by atoms with Crippen LogP contribution in [0.3, 0.4) is 0 Å². The summed E-state index contributed by atoms with van der Waals surface area (Å²) in [5, 5.41) is 15.9. The first-order valence-electron chi connectivity index (χ1n) is 8.93. The molecule has 2 aromatic carbocycles. The quantitative estimate of drug-likeness (QED) is 0.737. The van der Waals surface area contributed by atoms with Gasteiger partial charge in [-0.3, -0.25) is 4.79 Å². The number of aromatic nitrogens is 2. The van der Waals surface area contributed by atoms with Crippen molar-refractivity contribution in [2.24, 2.45) is 0 Å². The molecule has 0 saturated heterocycles. The number of nitriles is 1. The van der Waals surface area contributed by atoms with Crippen LogP contribution in [0, 0.1) is 17.1 Å². The molecule has 4 rings (SSSR count). The van der Waals surface area contributed by atoms with Crippen LogP contribution in [0.5, 0.6) is 5.75 Å². The van der Waals surface area contributed by atoms with Crippen molar-refractivity contribution in [3.05, 3.63) is 71.3 Å². The molecule has 0 bridgehead atoms. The van der Waals surface area contributed by atoms with Gasteiger partial charge in [-0.2, -0.15) is 10.4 Å². The first kappa shape index (κ1) is 17.7. The molecule has 1 aliphatic rings. The molecular weight excluding hydrogens is 359 g/mol. The van der Waals surface area contributed by atoms with Crippen molar-refractivity contribution in [3.63, 3.8) is 0 Å². The highest BCUT2D eigenvalue weighted by Crippen LogP contribution is 2.28. The summed E-state index contributed by atoms with van der Waals surface area (Å²) in [5.74, 6) is -0.0431. The van der Waals surface area contributed by atoms with Crippen molar-refractivity contribution < 1.29 is 13.9 Å². The minimum atomic E-state index is -0.312. The highest BCUT2D eigenvalue weighted by Gasteiger charge is 2.27. The van der Waals surface area contributed by atoms with E-state index in [0.29, 0.717) is 17.1 Å². The number of nitrogens with one attached hydrogen (secondary N) is 1. The van der Waals surface area contributed by atoms with E-state index in [4.69, 9.17) is 10.00 Å². The van der Waals surface area contributed by atoms with Gasteiger partial charge in [0.15, 0.2) is 12.3 Å². The standard InChI is InChI=1S/C21H17FN4O2/c22-14-4-8-16(9-5-14)26-19-3-1-2-18(19)20(25-26)21(27)24-15-6-10-17(11-7-15)28-13-12-23/h4-11H,1-3,13H2,(H,24,27). The predicted molar refractivity (Wildman–Crippen MR) is 101 cm³/mol. The summed E-state index contributed by atoms with van der Waals surface area (Å²) in [4.78, 5) is 12.8. The number of halogens is 1. The summed E-state index contributed by atoms with van der Waals surface area (Å²) in [6, 6.07) is 14.8. The Bertz CT molecular complexity index is 1050. The van der Waals surface area contributed by atoms with E-state index in [-0.39, 0.29) is 18.3 Å². The van der Waals surface area contributed by atoms with Gasteiger partial charge in [0, 0.05) is 16.9 Å². The van der Waals surface area contributed by atoms with E-state index in [1.54, 1.807) is 41.1 Å². The molecule has 0 spiro atoms. The van der Waals surface area contributed by atoms with E-state index >= 15 is 0 Å². The molecule has 3 aromatic rings. The summed E-state index contributed by atoms with van der Waals surface area (Å²) >= 11 is 0. The van der Waals surface area contributed by atoms with Crippen LogP contribution in [0.25, 0.3) is 5.69 Å². The number of nitrogens with zero attached hydrogens (tertiary/aromatic N) is 3. The normalized spacial score (nSPS) is 12.3. The van der Waals surface area contributed by atoms with Gasteiger partial charge in [-0.1, -0.05) is 0 Å². The zero-order valence-corrected chi connectivity index (χ0v) is 15.0. The monoisotopic (exact) mass is 376 g/mol. The molecule has 0 saturated carbocycles. The molecule has 0 atom stereocenters. The third kappa shape index (κ3) is 3.45. The van der Waals surface area contributed by atoms with E-state index in [0.717, 1.165) is 36.2 Å². The number of hydrogen-bond donors (Lipinski definition) is 1. The van der Waals surface area contributed by atoms with E-state index in [9.17, 15) is 9.18 Å². The van der Waals surface area contributed by atoms with Gasteiger partial charge in [-0.15, -0.1) is 0 Å². The SMILES string of the molecule is N#CCOc1ccc(NC(=O)c2nn(-c3ccc(F)cc3)c3c2CCC3)cc1. The van der Waals surface area contributed by atoms with Gasteiger partial charge >= 0.3 is 0 Å². The fourth-order valence-corrected chi connectivity index (χ4v) is 3.36. The molecule has 1 aliphatic carbocycles. The number of fused-ring (bicyclic) bond motifs is 1. The Kier molecular flexibility index (Phi) is 4.77. The molecule has 1 N–H and O–H groups in total. The van der Waals surface area contributed by atoms with Gasteiger partial charge in [0.2, 0.25) is 0 Å². The number of anilines is 1. The zero-order chi connectivity index (χ0) is 19.5. The Labute approximate surface area is 161 Å². The summed E-state index contributed by atoms with van der Waals surface area (Å²) < 4.78 is 20.2. The second-order valence-electron chi connectivity index (χ2n) is 6.44. The molecule has 0 radical (unpaired) electrons. The minimum absolute atomic E-state index is 0.0291. The fourth-order valence-electron chi connectivity index (χ4n) is 3.36. The van der Waals surface area contributed by atoms with Gasteiger partial charge in [-0.05, 0) is 67.8 Å². The molecule has 28 heavy (non-hydrogen) atoms. The molecule has 6 nitrogen and oxygen atoms in total. The van der Waals surface area contributed by atoms with Crippen LogP contribution in [-0.4, -0.2) is 22.3 Å². The third-order valence-corrected chi connectivity index (χ3v) is 4.63. The number of amides is 1. The van der Waals surface area contributed by atoms with Gasteiger partial charge in [0.25, 0.3) is 5.91 Å². The summed E-state index contributed by atoms with van der Waals surface area (Å²) in [7, 11) is 0. The van der Waals surface area contributed by atoms with Gasteiger partial charge in [0.05, 0.1) is 5.69 Å². The van der Waals surface area contributed by atoms with Crippen molar-refractivity contribution in [2.45, 2.75) is 19.3 Å². The van der Waals surface area contributed by atoms with E-state index in [1.165, 1.54) is 12.1 Å². The Balaban J connectivity index is 1.57. The lowest BCUT2D eigenvalue weighted by Crippen LogP contribution is -2.15. The second kappa shape index (κ2) is 7.53. The van der Waals surface area contributed by atoms with Crippen molar-refractivity contribution in [1.82, 2.24) is 9.78 Å². The molecule has 7 heteroatoms. The first-order valence-corrected chi connectivity index (χ1v) is 8.93. The van der Waals surface area contributed by atoms with Crippen LogP contribution < -0.4 is 10.1 Å². The number of benzene rings is 2. The maximum absolute atomic E-state index is 13.2. The number of carbonyl (C=O) groups excluding carboxylic acids is 1. The van der Waals surface area contributed by atoms with Crippen LogP contribution in [-0.2, 0) is 12.8 Å². The summed E-state index contributed by atoms with van der Waals surface area (Å²) in [5.41, 5.74) is 3.67. The molecule has 0 unspecified atom stereocenters. The van der Waals surface area contributed by atoms with E-state index in [2.05, 4.69) is 10.4 Å². The maximum Gasteiger partial charge on any atom is 0.276 e. The number of carbonyl (C=O) groups is 1. The van der Waals surface area contributed by atoms with Crippen molar-refractivity contribution >= 4 is 11.6 Å². The molecule has 1 aromatic heterocycles. The Morgan fingerprint density at radius 3 is 2.64 bits per heavy atom. The highest BCUT2D eigenvalue weighted by atomic mass is 19.1. The lowest BCUT2D eigenvalue weighted by atomic mass is 10.2. The average molecular weight is 376 g/mol. The van der Waals surface area contributed by atoms with Crippen LogP contribution in [0.2, 0.25) is 0 Å². The van der Waals surface area contributed by atoms with Crippen molar-refractivity contribution in [3.8, 4) is 17.5 Å². The number of hydrogen-bond acceptors (Lipinski definition) is 4. The maximum atomic E-state index is 13.2. The molecule has 1 amide bonds.